The van der Waals surface area contributed by atoms with Crippen LogP contribution in [0.1, 0.15) is 37.3 Å². The van der Waals surface area contributed by atoms with Crippen LogP contribution in [-0.4, -0.2) is 27.2 Å². The Morgan fingerprint density at radius 3 is 2.80 bits per heavy atom. The summed E-state index contributed by atoms with van der Waals surface area (Å²) in [4.78, 5) is 0.378. The molecule has 1 aromatic rings. The summed E-state index contributed by atoms with van der Waals surface area (Å²) in [5.74, 6) is 0. The quantitative estimate of drug-likeness (QED) is 0.924. The molecule has 0 spiro atoms. The van der Waals surface area contributed by atoms with Crippen molar-refractivity contribution in [1.29, 1.82) is 0 Å². The molecule has 110 valence electrons. The van der Waals surface area contributed by atoms with E-state index in [1.165, 1.54) is 11.1 Å². The summed E-state index contributed by atoms with van der Waals surface area (Å²) in [6.45, 7) is 2.61. The molecule has 1 saturated heterocycles. The van der Waals surface area contributed by atoms with Crippen LogP contribution in [0.3, 0.4) is 0 Å². The molecule has 20 heavy (non-hydrogen) atoms. The summed E-state index contributed by atoms with van der Waals surface area (Å²) in [6, 6.07) is 5.31. The van der Waals surface area contributed by atoms with Gasteiger partial charge in [-0.2, -0.15) is 0 Å². The number of ether oxygens (including phenoxy) is 1. The van der Waals surface area contributed by atoms with Gasteiger partial charge >= 0.3 is 0 Å². The second kappa shape index (κ2) is 5.47. The van der Waals surface area contributed by atoms with Crippen molar-refractivity contribution in [2.45, 2.75) is 56.1 Å². The zero-order valence-corrected chi connectivity index (χ0v) is 12.6. The number of hydrogen-bond acceptors (Lipinski definition) is 3. The minimum absolute atomic E-state index is 0.000739. The first kappa shape index (κ1) is 14.0. The highest BCUT2D eigenvalue weighted by molar-refractivity contribution is 7.89. The molecule has 0 radical (unpaired) electrons. The molecule has 0 bridgehead atoms. The summed E-state index contributed by atoms with van der Waals surface area (Å²) in [6.07, 6.45) is 5.11. The van der Waals surface area contributed by atoms with Crippen molar-refractivity contribution in [2.24, 2.45) is 0 Å². The number of hydrogen-bond donors (Lipinski definition) is 1. The van der Waals surface area contributed by atoms with Crippen molar-refractivity contribution in [3.05, 3.63) is 29.3 Å². The van der Waals surface area contributed by atoms with Crippen molar-refractivity contribution in [2.75, 3.05) is 6.61 Å². The largest absolute Gasteiger partial charge is 0.377 e. The fourth-order valence-corrected chi connectivity index (χ4v) is 4.42. The normalized spacial score (nSPS) is 23.8. The number of fused-ring (bicyclic) bond motifs is 1. The Morgan fingerprint density at radius 2 is 2.05 bits per heavy atom. The van der Waals surface area contributed by atoms with Crippen LogP contribution in [0.2, 0.25) is 0 Å². The first-order chi connectivity index (χ1) is 9.56. The lowest BCUT2D eigenvalue weighted by atomic mass is 10.1. The van der Waals surface area contributed by atoms with Crippen molar-refractivity contribution in [1.82, 2.24) is 4.72 Å². The molecule has 0 unspecified atom stereocenters. The molecule has 4 nitrogen and oxygen atoms in total. The summed E-state index contributed by atoms with van der Waals surface area (Å²) in [5.41, 5.74) is 2.47. The molecule has 2 atom stereocenters. The van der Waals surface area contributed by atoms with Gasteiger partial charge in [0.2, 0.25) is 10.0 Å². The minimum atomic E-state index is -3.45. The first-order valence-corrected chi connectivity index (χ1v) is 8.80. The molecule has 1 heterocycles. The third-order valence-electron chi connectivity index (χ3n) is 4.24. The number of nitrogens with one attached hydrogen (secondary N) is 1. The molecule has 1 fully saturated rings. The Hall–Kier alpha value is -0.910. The fourth-order valence-electron chi connectivity index (χ4n) is 3.10. The lowest BCUT2D eigenvalue weighted by molar-refractivity contribution is 0.0902. The fraction of sp³-hybridized carbons (Fsp3) is 0.600. The summed E-state index contributed by atoms with van der Waals surface area (Å²) in [7, 11) is -3.45. The van der Waals surface area contributed by atoms with Gasteiger partial charge in [-0.1, -0.05) is 6.07 Å². The third kappa shape index (κ3) is 2.75. The number of benzene rings is 1. The van der Waals surface area contributed by atoms with Crippen LogP contribution in [0.5, 0.6) is 0 Å². The average molecular weight is 295 g/mol. The van der Waals surface area contributed by atoms with Crippen LogP contribution in [0.4, 0.5) is 0 Å². The molecule has 1 N–H and O–H groups in total. The van der Waals surface area contributed by atoms with E-state index in [1.54, 1.807) is 6.07 Å². The van der Waals surface area contributed by atoms with Crippen LogP contribution < -0.4 is 4.72 Å². The Balaban J connectivity index is 1.77. The van der Waals surface area contributed by atoms with Gasteiger partial charge in [0.1, 0.15) is 0 Å². The van der Waals surface area contributed by atoms with Gasteiger partial charge < -0.3 is 4.74 Å². The Bertz CT molecular complexity index is 591. The van der Waals surface area contributed by atoms with E-state index in [0.717, 1.165) is 38.7 Å². The molecule has 5 heteroatoms. The van der Waals surface area contributed by atoms with Gasteiger partial charge in [-0.05, 0) is 62.3 Å². The number of rotatable bonds is 4. The van der Waals surface area contributed by atoms with Crippen molar-refractivity contribution < 1.29 is 13.2 Å². The maximum absolute atomic E-state index is 12.4. The van der Waals surface area contributed by atoms with Crippen LogP contribution in [-0.2, 0) is 27.6 Å². The molecule has 1 aromatic carbocycles. The molecule has 0 aromatic heterocycles. The van der Waals surface area contributed by atoms with E-state index in [-0.39, 0.29) is 12.1 Å². The highest BCUT2D eigenvalue weighted by Gasteiger charge is 2.27. The van der Waals surface area contributed by atoms with E-state index in [1.807, 2.05) is 19.1 Å². The van der Waals surface area contributed by atoms with Gasteiger partial charge in [-0.25, -0.2) is 13.1 Å². The van der Waals surface area contributed by atoms with Gasteiger partial charge in [-0.3, -0.25) is 0 Å². The minimum Gasteiger partial charge on any atom is -0.377 e. The average Bonchev–Trinajstić information content (AvgIpc) is 3.08. The maximum atomic E-state index is 12.4. The molecule has 3 rings (SSSR count). The highest BCUT2D eigenvalue weighted by Crippen LogP contribution is 2.25. The van der Waals surface area contributed by atoms with Gasteiger partial charge in [0.15, 0.2) is 0 Å². The third-order valence-corrected chi connectivity index (χ3v) is 5.80. The standard InChI is InChI=1S/C15H21NO3S/c1-11(15-6-3-9-19-15)16-20(17,18)14-8-7-12-4-2-5-13(12)10-14/h7-8,10-11,15-16H,2-6,9H2,1H3/t11-,15-/m1/s1. The Morgan fingerprint density at radius 1 is 1.25 bits per heavy atom. The van der Waals surface area contributed by atoms with Crippen molar-refractivity contribution >= 4 is 10.0 Å². The van der Waals surface area contributed by atoms with Gasteiger partial charge in [0, 0.05) is 12.6 Å². The summed E-state index contributed by atoms with van der Waals surface area (Å²) in [5, 5.41) is 0. The second-order valence-corrected chi connectivity index (χ2v) is 7.46. The molecule has 1 aliphatic heterocycles. The van der Waals surface area contributed by atoms with Crippen LogP contribution in [0, 0.1) is 0 Å². The van der Waals surface area contributed by atoms with E-state index in [0.29, 0.717) is 4.90 Å². The maximum Gasteiger partial charge on any atom is 0.240 e. The Kier molecular flexibility index (Phi) is 3.84. The lowest BCUT2D eigenvalue weighted by Gasteiger charge is -2.20. The van der Waals surface area contributed by atoms with Gasteiger partial charge in [0.25, 0.3) is 0 Å². The molecule has 2 aliphatic rings. The zero-order chi connectivity index (χ0) is 14.2. The topological polar surface area (TPSA) is 55.4 Å². The molecular weight excluding hydrogens is 274 g/mol. The molecule has 0 saturated carbocycles. The molecule has 1 aliphatic carbocycles. The lowest BCUT2D eigenvalue weighted by Crippen LogP contribution is -2.40. The smallest absolute Gasteiger partial charge is 0.240 e. The first-order valence-electron chi connectivity index (χ1n) is 7.32. The predicted octanol–water partition coefficient (Wildman–Crippen LogP) is 2.02. The highest BCUT2D eigenvalue weighted by atomic mass is 32.2. The van der Waals surface area contributed by atoms with Gasteiger partial charge in [-0.15, -0.1) is 0 Å². The molecule has 0 amide bonds. The van der Waals surface area contributed by atoms with Crippen LogP contribution in [0.15, 0.2) is 23.1 Å². The van der Waals surface area contributed by atoms with Crippen LogP contribution in [0.25, 0.3) is 0 Å². The number of aryl methyl sites for hydroxylation is 2. The predicted molar refractivity (Wildman–Crippen MR) is 77.2 cm³/mol. The van der Waals surface area contributed by atoms with Gasteiger partial charge in [0.05, 0.1) is 11.0 Å². The van der Waals surface area contributed by atoms with E-state index in [2.05, 4.69) is 4.72 Å². The second-order valence-electron chi connectivity index (χ2n) is 5.75. The zero-order valence-electron chi connectivity index (χ0n) is 11.8. The van der Waals surface area contributed by atoms with Crippen molar-refractivity contribution in [3.63, 3.8) is 0 Å². The summed E-state index contributed by atoms with van der Waals surface area (Å²) < 4.78 is 33.2. The van der Waals surface area contributed by atoms with Crippen molar-refractivity contribution in [3.8, 4) is 0 Å². The number of sulfonamides is 1. The summed E-state index contributed by atoms with van der Waals surface area (Å²) >= 11 is 0. The SMILES string of the molecule is C[C@@H](NS(=O)(=O)c1ccc2c(c1)CCC2)[C@H]1CCCO1. The van der Waals surface area contributed by atoms with E-state index in [4.69, 9.17) is 4.74 Å². The molecular formula is C15H21NO3S. The van der Waals surface area contributed by atoms with E-state index in [9.17, 15) is 8.42 Å². The van der Waals surface area contributed by atoms with E-state index < -0.39 is 10.0 Å². The van der Waals surface area contributed by atoms with E-state index >= 15 is 0 Å². The monoisotopic (exact) mass is 295 g/mol. The van der Waals surface area contributed by atoms with Crippen LogP contribution >= 0.6 is 0 Å². The Labute approximate surface area is 120 Å².